The van der Waals surface area contributed by atoms with Crippen LogP contribution in [0.2, 0.25) is 0 Å². The van der Waals surface area contributed by atoms with Crippen LogP contribution in [-0.4, -0.2) is 28.4 Å². The summed E-state index contributed by atoms with van der Waals surface area (Å²) < 4.78 is 25.9. The molecule has 23 heavy (non-hydrogen) atoms. The highest BCUT2D eigenvalue weighted by atomic mass is 19.1. The number of carbonyl (C=O) groups excluding carboxylic acids is 1. The van der Waals surface area contributed by atoms with E-state index in [4.69, 9.17) is 9.47 Å². The summed E-state index contributed by atoms with van der Waals surface area (Å²) in [5, 5.41) is 7.06. The van der Waals surface area contributed by atoms with Crippen LogP contribution in [0.3, 0.4) is 0 Å². The standard InChI is InChI=1S/C16H18FN3O3/c1-10-14(18-15(21)13-7-4-8-22-13)16(20(2)19-10)23-12-6-3-5-11(17)9-12/h3,5-6,9,13H,4,7-8H2,1-2H3,(H,18,21)/t13-/m0/s1. The van der Waals surface area contributed by atoms with E-state index in [-0.39, 0.29) is 5.91 Å². The zero-order valence-electron chi connectivity index (χ0n) is 13.0. The second-order valence-electron chi connectivity index (χ2n) is 5.44. The van der Waals surface area contributed by atoms with Gasteiger partial charge in [-0.25, -0.2) is 9.07 Å². The summed E-state index contributed by atoms with van der Waals surface area (Å²) in [6.45, 7) is 2.36. The van der Waals surface area contributed by atoms with E-state index in [1.807, 2.05) is 0 Å². The van der Waals surface area contributed by atoms with Crippen molar-refractivity contribution < 1.29 is 18.7 Å². The van der Waals surface area contributed by atoms with Gasteiger partial charge in [0.1, 0.15) is 23.4 Å². The molecule has 122 valence electrons. The van der Waals surface area contributed by atoms with Gasteiger partial charge < -0.3 is 14.8 Å². The maximum absolute atomic E-state index is 13.3. The van der Waals surface area contributed by atoms with E-state index in [0.29, 0.717) is 36.0 Å². The van der Waals surface area contributed by atoms with Gasteiger partial charge in [-0.1, -0.05) is 6.07 Å². The van der Waals surface area contributed by atoms with Crippen molar-refractivity contribution in [3.63, 3.8) is 0 Å². The van der Waals surface area contributed by atoms with E-state index in [1.165, 1.54) is 16.8 Å². The Morgan fingerprint density at radius 1 is 1.52 bits per heavy atom. The number of hydrogen-bond donors (Lipinski definition) is 1. The molecule has 1 fully saturated rings. The van der Waals surface area contributed by atoms with Gasteiger partial charge in [-0.3, -0.25) is 4.79 Å². The number of nitrogens with zero attached hydrogens (tertiary/aromatic N) is 2. The molecule has 6 nitrogen and oxygen atoms in total. The van der Waals surface area contributed by atoms with Crippen molar-refractivity contribution in [1.29, 1.82) is 0 Å². The highest BCUT2D eigenvalue weighted by molar-refractivity contribution is 5.96. The van der Waals surface area contributed by atoms with Crippen LogP contribution in [0, 0.1) is 12.7 Å². The number of aromatic nitrogens is 2. The molecular weight excluding hydrogens is 301 g/mol. The van der Waals surface area contributed by atoms with Crippen molar-refractivity contribution >= 4 is 11.6 Å². The molecule has 1 atom stereocenters. The third kappa shape index (κ3) is 3.34. The average Bonchev–Trinajstić information content (AvgIpc) is 3.12. The Hall–Kier alpha value is -2.41. The summed E-state index contributed by atoms with van der Waals surface area (Å²) >= 11 is 0. The Bertz CT molecular complexity index is 723. The van der Waals surface area contributed by atoms with Gasteiger partial charge in [0.25, 0.3) is 5.91 Å². The number of hydrogen-bond acceptors (Lipinski definition) is 4. The Morgan fingerprint density at radius 3 is 3.04 bits per heavy atom. The Labute approximate surface area is 133 Å². The summed E-state index contributed by atoms with van der Waals surface area (Å²) in [5.74, 6) is 0.0640. The molecule has 2 aromatic rings. The van der Waals surface area contributed by atoms with Gasteiger partial charge in [-0.2, -0.15) is 5.10 Å². The molecule has 2 heterocycles. The quantitative estimate of drug-likeness (QED) is 0.941. The lowest BCUT2D eigenvalue weighted by Gasteiger charge is -2.12. The predicted molar refractivity (Wildman–Crippen MR) is 82.0 cm³/mol. The third-order valence-electron chi connectivity index (χ3n) is 3.65. The van der Waals surface area contributed by atoms with E-state index in [0.717, 1.165) is 6.42 Å². The molecule has 0 radical (unpaired) electrons. The molecule has 1 aromatic carbocycles. The SMILES string of the molecule is Cc1nn(C)c(Oc2cccc(F)c2)c1NC(=O)[C@@H]1CCCO1. The van der Waals surface area contributed by atoms with Gasteiger partial charge >= 0.3 is 0 Å². The molecule has 0 spiro atoms. The number of ether oxygens (including phenoxy) is 2. The normalized spacial score (nSPS) is 17.3. The molecule has 1 aliphatic heterocycles. The van der Waals surface area contributed by atoms with Gasteiger partial charge in [0.05, 0.1) is 5.69 Å². The fraction of sp³-hybridized carbons (Fsp3) is 0.375. The van der Waals surface area contributed by atoms with Crippen LogP contribution in [0.25, 0.3) is 0 Å². The minimum Gasteiger partial charge on any atom is -0.437 e. The zero-order valence-corrected chi connectivity index (χ0v) is 13.0. The summed E-state index contributed by atoms with van der Waals surface area (Å²) in [6, 6.07) is 5.80. The molecule has 1 N–H and O–H groups in total. The summed E-state index contributed by atoms with van der Waals surface area (Å²) in [7, 11) is 1.70. The van der Waals surface area contributed by atoms with E-state index < -0.39 is 11.9 Å². The molecule has 0 bridgehead atoms. The number of carbonyl (C=O) groups is 1. The van der Waals surface area contributed by atoms with Crippen LogP contribution in [0.4, 0.5) is 10.1 Å². The topological polar surface area (TPSA) is 65.4 Å². The van der Waals surface area contributed by atoms with Gasteiger partial charge in [-0.05, 0) is 31.9 Å². The molecule has 0 aliphatic carbocycles. The van der Waals surface area contributed by atoms with Crippen molar-refractivity contribution in [3.8, 4) is 11.6 Å². The number of nitrogens with one attached hydrogen (secondary N) is 1. The largest absolute Gasteiger partial charge is 0.437 e. The van der Waals surface area contributed by atoms with Crippen LogP contribution in [-0.2, 0) is 16.6 Å². The molecule has 1 amide bonds. The number of rotatable bonds is 4. The van der Waals surface area contributed by atoms with Crippen molar-refractivity contribution in [3.05, 3.63) is 35.8 Å². The average molecular weight is 319 g/mol. The van der Waals surface area contributed by atoms with Crippen molar-refractivity contribution in [2.45, 2.75) is 25.9 Å². The third-order valence-corrected chi connectivity index (χ3v) is 3.65. The molecule has 3 rings (SSSR count). The first kappa shape index (κ1) is 15.5. The zero-order chi connectivity index (χ0) is 16.4. The van der Waals surface area contributed by atoms with E-state index >= 15 is 0 Å². The first-order valence-corrected chi connectivity index (χ1v) is 7.44. The van der Waals surface area contributed by atoms with E-state index in [1.54, 1.807) is 26.1 Å². The molecule has 0 unspecified atom stereocenters. The molecule has 1 aromatic heterocycles. The fourth-order valence-electron chi connectivity index (χ4n) is 2.53. The minimum absolute atomic E-state index is 0.220. The lowest BCUT2D eigenvalue weighted by molar-refractivity contribution is -0.124. The van der Waals surface area contributed by atoms with Crippen molar-refractivity contribution in [2.24, 2.45) is 7.05 Å². The number of aryl methyl sites for hydroxylation is 2. The second kappa shape index (κ2) is 6.37. The van der Waals surface area contributed by atoms with Crippen molar-refractivity contribution in [2.75, 3.05) is 11.9 Å². The summed E-state index contributed by atoms with van der Waals surface area (Å²) in [5.41, 5.74) is 1.09. The Kier molecular flexibility index (Phi) is 4.29. The molecule has 0 saturated carbocycles. The maximum Gasteiger partial charge on any atom is 0.253 e. The smallest absolute Gasteiger partial charge is 0.253 e. The summed E-state index contributed by atoms with van der Waals surface area (Å²) in [4.78, 5) is 12.2. The maximum atomic E-state index is 13.3. The van der Waals surface area contributed by atoms with Gasteiger partial charge in [0.15, 0.2) is 0 Å². The molecule has 1 saturated heterocycles. The van der Waals surface area contributed by atoms with Crippen LogP contribution in [0.5, 0.6) is 11.6 Å². The second-order valence-corrected chi connectivity index (χ2v) is 5.44. The first-order chi connectivity index (χ1) is 11.0. The predicted octanol–water partition coefficient (Wildman–Crippen LogP) is 2.78. The van der Waals surface area contributed by atoms with Crippen LogP contribution in [0.15, 0.2) is 24.3 Å². The highest BCUT2D eigenvalue weighted by Gasteiger charge is 2.26. The highest BCUT2D eigenvalue weighted by Crippen LogP contribution is 2.32. The number of benzene rings is 1. The van der Waals surface area contributed by atoms with Gasteiger partial charge in [0, 0.05) is 19.7 Å². The molecular formula is C16H18FN3O3. The van der Waals surface area contributed by atoms with Gasteiger partial charge in [-0.15, -0.1) is 0 Å². The molecule has 1 aliphatic rings. The lowest BCUT2D eigenvalue weighted by Crippen LogP contribution is -2.27. The Morgan fingerprint density at radius 2 is 2.35 bits per heavy atom. The number of halogens is 1. The van der Waals surface area contributed by atoms with E-state index in [9.17, 15) is 9.18 Å². The lowest BCUT2D eigenvalue weighted by atomic mass is 10.2. The number of amides is 1. The monoisotopic (exact) mass is 319 g/mol. The fourth-order valence-corrected chi connectivity index (χ4v) is 2.53. The number of anilines is 1. The van der Waals surface area contributed by atoms with E-state index in [2.05, 4.69) is 10.4 Å². The van der Waals surface area contributed by atoms with Crippen LogP contribution >= 0.6 is 0 Å². The van der Waals surface area contributed by atoms with Crippen LogP contribution < -0.4 is 10.1 Å². The van der Waals surface area contributed by atoms with Crippen molar-refractivity contribution in [1.82, 2.24) is 9.78 Å². The Balaban J connectivity index is 1.84. The summed E-state index contributed by atoms with van der Waals surface area (Å²) in [6.07, 6.45) is 1.12. The first-order valence-electron chi connectivity index (χ1n) is 7.44. The molecule has 7 heteroatoms. The van der Waals surface area contributed by atoms with Crippen LogP contribution in [0.1, 0.15) is 18.5 Å². The minimum atomic E-state index is -0.448. The van der Waals surface area contributed by atoms with Gasteiger partial charge in [0.2, 0.25) is 5.88 Å².